The van der Waals surface area contributed by atoms with Gasteiger partial charge in [0, 0.05) is 10.9 Å². The highest BCUT2D eigenvalue weighted by molar-refractivity contribution is 7.14. The summed E-state index contributed by atoms with van der Waals surface area (Å²) in [6.07, 6.45) is 0. The lowest BCUT2D eigenvalue weighted by molar-refractivity contribution is -0.120. The molecule has 3 rings (SSSR count). The molecule has 0 spiro atoms. The van der Waals surface area contributed by atoms with Crippen molar-refractivity contribution < 1.29 is 14.3 Å². The average molecular weight is 368 g/mol. The van der Waals surface area contributed by atoms with Crippen molar-refractivity contribution in [1.29, 1.82) is 0 Å². The van der Waals surface area contributed by atoms with Gasteiger partial charge in [-0.3, -0.25) is 10.1 Å². The summed E-state index contributed by atoms with van der Waals surface area (Å²) in [5.74, 6) is 0.557. The molecule has 0 atom stereocenters. The van der Waals surface area contributed by atoms with E-state index in [-0.39, 0.29) is 12.5 Å². The van der Waals surface area contributed by atoms with Crippen LogP contribution in [0.4, 0.5) is 5.13 Å². The lowest BCUT2D eigenvalue weighted by atomic mass is 10.1. The highest BCUT2D eigenvalue weighted by atomic mass is 32.1. The van der Waals surface area contributed by atoms with Crippen LogP contribution in [0.5, 0.6) is 5.75 Å². The molecule has 0 aliphatic heterocycles. The smallest absolute Gasteiger partial charge is 0.252 e. The predicted molar refractivity (Wildman–Crippen MR) is 104 cm³/mol. The van der Waals surface area contributed by atoms with Crippen LogP contribution in [-0.2, 0) is 9.53 Å². The zero-order chi connectivity index (χ0) is 18.2. The number of rotatable bonds is 8. The molecule has 6 heteroatoms. The molecule has 0 radical (unpaired) electrons. The number of ether oxygens (including phenoxy) is 2. The van der Waals surface area contributed by atoms with E-state index in [4.69, 9.17) is 9.47 Å². The topological polar surface area (TPSA) is 60.5 Å². The number of benzene rings is 2. The van der Waals surface area contributed by atoms with E-state index in [0.29, 0.717) is 18.3 Å². The van der Waals surface area contributed by atoms with Gasteiger partial charge in [0.25, 0.3) is 5.91 Å². The summed E-state index contributed by atoms with van der Waals surface area (Å²) in [7, 11) is 0. The molecule has 0 saturated heterocycles. The Hall–Kier alpha value is -2.70. The van der Waals surface area contributed by atoms with Crippen LogP contribution >= 0.6 is 11.3 Å². The molecule has 0 unspecified atom stereocenters. The molecule has 0 aliphatic carbocycles. The average Bonchev–Trinajstić information content (AvgIpc) is 3.11. The Kier molecular flexibility index (Phi) is 6.35. The fourth-order valence-corrected chi connectivity index (χ4v) is 2.98. The minimum absolute atomic E-state index is 0.0302. The maximum absolute atomic E-state index is 11.9. The van der Waals surface area contributed by atoms with Gasteiger partial charge in [0.05, 0.1) is 12.3 Å². The molecule has 26 heavy (non-hydrogen) atoms. The first-order valence-corrected chi connectivity index (χ1v) is 9.17. The summed E-state index contributed by atoms with van der Waals surface area (Å²) < 4.78 is 10.8. The number of carbonyl (C=O) groups is 1. The van der Waals surface area contributed by atoms with Crippen molar-refractivity contribution in [2.75, 3.05) is 25.1 Å². The monoisotopic (exact) mass is 368 g/mol. The number of thiazole rings is 1. The Morgan fingerprint density at radius 2 is 1.85 bits per heavy atom. The summed E-state index contributed by atoms with van der Waals surface area (Å²) in [5, 5.41) is 5.24. The molecule has 2 aromatic carbocycles. The predicted octanol–water partition coefficient (Wildman–Crippen LogP) is 4.15. The molecule has 0 bridgehead atoms. The third kappa shape index (κ3) is 5.40. The van der Waals surface area contributed by atoms with Gasteiger partial charge in [-0.2, -0.15) is 0 Å². The number of aryl methyl sites for hydroxylation is 1. The Bertz CT molecular complexity index is 832. The lowest BCUT2D eigenvalue weighted by Crippen LogP contribution is -2.20. The van der Waals surface area contributed by atoms with Gasteiger partial charge in [-0.1, -0.05) is 48.0 Å². The molecule has 1 aromatic heterocycles. The van der Waals surface area contributed by atoms with Crippen molar-refractivity contribution in [3.63, 3.8) is 0 Å². The Morgan fingerprint density at radius 3 is 2.62 bits per heavy atom. The van der Waals surface area contributed by atoms with E-state index in [0.717, 1.165) is 17.0 Å². The van der Waals surface area contributed by atoms with E-state index in [2.05, 4.69) is 10.3 Å². The van der Waals surface area contributed by atoms with E-state index in [1.807, 2.05) is 66.9 Å². The first kappa shape index (κ1) is 18.1. The first-order chi connectivity index (χ1) is 12.7. The van der Waals surface area contributed by atoms with Crippen LogP contribution in [0, 0.1) is 6.92 Å². The molecule has 3 aromatic rings. The number of nitrogens with one attached hydrogen (secondary N) is 1. The van der Waals surface area contributed by atoms with Gasteiger partial charge in [0.1, 0.15) is 19.0 Å². The molecule has 5 nitrogen and oxygen atoms in total. The van der Waals surface area contributed by atoms with E-state index >= 15 is 0 Å². The van der Waals surface area contributed by atoms with Crippen molar-refractivity contribution in [3.05, 3.63) is 65.5 Å². The van der Waals surface area contributed by atoms with E-state index in [1.54, 1.807) is 0 Å². The number of para-hydroxylation sites is 1. The van der Waals surface area contributed by atoms with Gasteiger partial charge in [-0.15, -0.1) is 11.3 Å². The largest absolute Gasteiger partial charge is 0.491 e. The summed E-state index contributed by atoms with van der Waals surface area (Å²) >= 11 is 1.39. The van der Waals surface area contributed by atoms with Gasteiger partial charge in [0.2, 0.25) is 0 Å². The zero-order valence-electron chi connectivity index (χ0n) is 14.5. The van der Waals surface area contributed by atoms with Crippen LogP contribution in [0.2, 0.25) is 0 Å². The highest BCUT2D eigenvalue weighted by Crippen LogP contribution is 2.25. The van der Waals surface area contributed by atoms with Crippen LogP contribution in [0.3, 0.4) is 0 Å². The number of nitrogens with zero attached hydrogens (tertiary/aromatic N) is 1. The van der Waals surface area contributed by atoms with Crippen LogP contribution in [0.15, 0.2) is 60.0 Å². The van der Waals surface area contributed by atoms with Gasteiger partial charge in [0.15, 0.2) is 5.13 Å². The Balaban J connectivity index is 1.39. The molecule has 0 fully saturated rings. The molecule has 134 valence electrons. The highest BCUT2D eigenvalue weighted by Gasteiger charge is 2.08. The summed E-state index contributed by atoms with van der Waals surface area (Å²) in [6, 6.07) is 17.6. The van der Waals surface area contributed by atoms with Crippen LogP contribution in [0.25, 0.3) is 11.3 Å². The third-order valence-corrected chi connectivity index (χ3v) is 4.33. The zero-order valence-corrected chi connectivity index (χ0v) is 15.3. The van der Waals surface area contributed by atoms with Crippen LogP contribution in [0.1, 0.15) is 5.56 Å². The van der Waals surface area contributed by atoms with Gasteiger partial charge in [-0.05, 0) is 19.1 Å². The molecule has 1 N–H and O–H groups in total. The minimum atomic E-state index is -0.227. The van der Waals surface area contributed by atoms with E-state index in [9.17, 15) is 4.79 Å². The molecule has 1 heterocycles. The summed E-state index contributed by atoms with van der Waals surface area (Å²) in [6.45, 7) is 2.75. The Morgan fingerprint density at radius 1 is 1.08 bits per heavy atom. The number of hydrogen-bond donors (Lipinski definition) is 1. The number of aromatic nitrogens is 1. The van der Waals surface area contributed by atoms with Crippen molar-refractivity contribution >= 4 is 22.4 Å². The SMILES string of the molecule is Cc1ccc(-c2csc(NC(=O)COCCOc3ccccc3)n2)cc1. The van der Waals surface area contributed by atoms with Crippen molar-refractivity contribution in [1.82, 2.24) is 4.98 Å². The maximum atomic E-state index is 11.9. The molecule has 0 saturated carbocycles. The maximum Gasteiger partial charge on any atom is 0.252 e. The first-order valence-electron chi connectivity index (χ1n) is 8.29. The standard InChI is InChI=1S/C20H20N2O3S/c1-15-7-9-16(10-8-15)18-14-26-20(21-18)22-19(23)13-24-11-12-25-17-5-3-2-4-6-17/h2-10,14H,11-13H2,1H3,(H,21,22,23). The molecular formula is C20H20N2O3S. The van der Waals surface area contributed by atoms with Gasteiger partial charge < -0.3 is 9.47 Å². The van der Waals surface area contributed by atoms with E-state index in [1.165, 1.54) is 16.9 Å². The lowest BCUT2D eigenvalue weighted by Gasteiger charge is -2.06. The van der Waals surface area contributed by atoms with E-state index < -0.39 is 0 Å². The second-order valence-electron chi connectivity index (χ2n) is 5.67. The van der Waals surface area contributed by atoms with Crippen molar-refractivity contribution in [2.45, 2.75) is 6.92 Å². The summed E-state index contributed by atoms with van der Waals surface area (Å²) in [4.78, 5) is 16.4. The van der Waals surface area contributed by atoms with Crippen molar-refractivity contribution in [2.24, 2.45) is 0 Å². The normalized spacial score (nSPS) is 10.5. The number of hydrogen-bond acceptors (Lipinski definition) is 5. The minimum Gasteiger partial charge on any atom is -0.491 e. The number of amides is 1. The van der Waals surface area contributed by atoms with Crippen LogP contribution in [-0.4, -0.2) is 30.7 Å². The van der Waals surface area contributed by atoms with Crippen LogP contribution < -0.4 is 10.1 Å². The van der Waals surface area contributed by atoms with Gasteiger partial charge >= 0.3 is 0 Å². The molecule has 0 aliphatic rings. The third-order valence-electron chi connectivity index (χ3n) is 3.57. The quantitative estimate of drug-likeness (QED) is 0.607. The van der Waals surface area contributed by atoms with Crippen molar-refractivity contribution in [3.8, 4) is 17.0 Å². The second kappa shape index (κ2) is 9.12. The number of carbonyl (C=O) groups excluding carboxylic acids is 1. The van der Waals surface area contributed by atoms with Gasteiger partial charge in [-0.25, -0.2) is 4.98 Å². The summed E-state index contributed by atoms with van der Waals surface area (Å²) in [5.41, 5.74) is 3.08. The fourth-order valence-electron chi connectivity index (χ4n) is 2.24. The fraction of sp³-hybridized carbons (Fsp3) is 0.200. The Labute approximate surface area is 156 Å². The molecular weight excluding hydrogens is 348 g/mol. The second-order valence-corrected chi connectivity index (χ2v) is 6.52. The molecule has 1 amide bonds. The number of anilines is 1.